The fourth-order valence-electron chi connectivity index (χ4n) is 1.79. The lowest BCUT2D eigenvalue weighted by Crippen LogP contribution is -2.19. The molecule has 0 atom stereocenters. The lowest BCUT2D eigenvalue weighted by atomic mass is 10.1. The molecule has 0 bridgehead atoms. The Morgan fingerprint density at radius 2 is 1.85 bits per heavy atom. The van der Waals surface area contributed by atoms with Gasteiger partial charge in [-0.15, -0.1) is 0 Å². The summed E-state index contributed by atoms with van der Waals surface area (Å²) in [6.45, 7) is 1.95. The molecular formula is C15H15ClN2OS. The van der Waals surface area contributed by atoms with Crippen LogP contribution >= 0.6 is 23.8 Å². The van der Waals surface area contributed by atoms with E-state index in [4.69, 9.17) is 23.8 Å². The van der Waals surface area contributed by atoms with Crippen molar-refractivity contribution in [3.63, 3.8) is 0 Å². The zero-order valence-electron chi connectivity index (χ0n) is 11.0. The van der Waals surface area contributed by atoms with Crippen molar-refractivity contribution in [1.82, 2.24) is 0 Å². The second-order valence-corrected chi connectivity index (χ2v) is 5.25. The van der Waals surface area contributed by atoms with Crippen LogP contribution in [0.25, 0.3) is 0 Å². The first-order chi connectivity index (χ1) is 9.58. The van der Waals surface area contributed by atoms with Crippen LogP contribution in [0.4, 0.5) is 11.4 Å². The molecule has 5 heteroatoms. The minimum absolute atomic E-state index is 0.0342. The van der Waals surface area contributed by atoms with E-state index < -0.39 is 0 Å². The highest BCUT2D eigenvalue weighted by Crippen LogP contribution is 2.18. The number of aliphatic hydroxyl groups excluding tert-OH is 1. The number of halogens is 1. The van der Waals surface area contributed by atoms with E-state index in [1.54, 1.807) is 12.1 Å². The Morgan fingerprint density at radius 1 is 1.15 bits per heavy atom. The van der Waals surface area contributed by atoms with Crippen LogP contribution in [-0.2, 0) is 6.61 Å². The molecule has 0 radical (unpaired) electrons. The Balaban J connectivity index is 2.06. The number of hydrogen-bond acceptors (Lipinski definition) is 2. The van der Waals surface area contributed by atoms with Gasteiger partial charge in [-0.25, -0.2) is 0 Å². The lowest BCUT2D eigenvalue weighted by Gasteiger charge is -2.13. The molecule has 0 aliphatic rings. The SMILES string of the molecule is Cc1ccc(NC(=S)Nc2ccc(Cl)cc2)c(CO)c1. The number of thiocarbonyl (C=S) groups is 1. The summed E-state index contributed by atoms with van der Waals surface area (Å²) in [6, 6.07) is 13.1. The van der Waals surface area contributed by atoms with Crippen molar-refractivity contribution in [2.45, 2.75) is 13.5 Å². The molecule has 3 nitrogen and oxygen atoms in total. The molecular weight excluding hydrogens is 292 g/mol. The van der Waals surface area contributed by atoms with Crippen LogP contribution in [0.2, 0.25) is 5.02 Å². The first kappa shape index (κ1) is 14.8. The van der Waals surface area contributed by atoms with Crippen LogP contribution in [0.3, 0.4) is 0 Å². The number of anilines is 2. The minimum Gasteiger partial charge on any atom is -0.392 e. The van der Waals surface area contributed by atoms with E-state index >= 15 is 0 Å². The first-order valence-corrected chi connectivity index (χ1v) is 6.91. The predicted molar refractivity (Wildman–Crippen MR) is 88.4 cm³/mol. The smallest absolute Gasteiger partial charge is 0.175 e. The van der Waals surface area contributed by atoms with Gasteiger partial charge in [0.2, 0.25) is 0 Å². The zero-order chi connectivity index (χ0) is 14.5. The summed E-state index contributed by atoms with van der Waals surface area (Å²) in [5.41, 5.74) is 3.55. The van der Waals surface area contributed by atoms with Crippen LogP contribution < -0.4 is 10.6 Å². The fraction of sp³-hybridized carbons (Fsp3) is 0.133. The van der Waals surface area contributed by atoms with Crippen molar-refractivity contribution in [3.8, 4) is 0 Å². The summed E-state index contributed by atoms with van der Waals surface area (Å²) in [6.07, 6.45) is 0. The van der Waals surface area contributed by atoms with Crippen molar-refractivity contribution >= 4 is 40.3 Å². The molecule has 0 saturated heterocycles. The largest absolute Gasteiger partial charge is 0.392 e. The van der Waals surface area contributed by atoms with Gasteiger partial charge in [-0.05, 0) is 49.5 Å². The number of benzene rings is 2. The molecule has 0 aliphatic heterocycles. The minimum atomic E-state index is -0.0342. The second-order valence-electron chi connectivity index (χ2n) is 4.40. The molecule has 0 amide bonds. The standard InChI is InChI=1S/C15H15ClN2OS/c1-10-2-7-14(11(8-10)9-19)18-15(20)17-13-5-3-12(16)4-6-13/h2-8,19H,9H2,1H3,(H2,17,18,20). The van der Waals surface area contributed by atoms with E-state index in [1.807, 2.05) is 37.3 Å². The third-order valence-corrected chi connectivity index (χ3v) is 3.24. The Bertz CT molecular complexity index is 614. The van der Waals surface area contributed by atoms with Gasteiger partial charge in [0.05, 0.1) is 6.61 Å². The Kier molecular flexibility index (Phi) is 4.95. The molecule has 104 valence electrons. The van der Waals surface area contributed by atoms with Crippen molar-refractivity contribution in [2.24, 2.45) is 0 Å². The summed E-state index contributed by atoms with van der Waals surface area (Å²) in [5.74, 6) is 0. The predicted octanol–water partition coefficient (Wildman–Crippen LogP) is 3.95. The van der Waals surface area contributed by atoms with Gasteiger partial charge in [0.25, 0.3) is 0 Å². The number of aryl methyl sites for hydroxylation is 1. The number of hydrogen-bond donors (Lipinski definition) is 3. The molecule has 0 aliphatic carbocycles. The maximum absolute atomic E-state index is 9.36. The molecule has 2 aromatic carbocycles. The normalized spacial score (nSPS) is 10.2. The summed E-state index contributed by atoms with van der Waals surface area (Å²) in [5, 5.41) is 16.6. The summed E-state index contributed by atoms with van der Waals surface area (Å²) >= 11 is 11.1. The van der Waals surface area contributed by atoms with Gasteiger partial charge in [0.1, 0.15) is 0 Å². The average molecular weight is 307 g/mol. The topological polar surface area (TPSA) is 44.3 Å². The third-order valence-electron chi connectivity index (χ3n) is 2.78. The molecule has 0 unspecified atom stereocenters. The van der Waals surface area contributed by atoms with Crippen LogP contribution in [0.5, 0.6) is 0 Å². The van der Waals surface area contributed by atoms with Crippen LogP contribution in [0.1, 0.15) is 11.1 Å². The zero-order valence-corrected chi connectivity index (χ0v) is 12.6. The summed E-state index contributed by atoms with van der Waals surface area (Å²) < 4.78 is 0. The number of aliphatic hydroxyl groups is 1. The molecule has 0 spiro atoms. The van der Waals surface area contributed by atoms with Gasteiger partial charge in [-0.1, -0.05) is 29.3 Å². The van der Waals surface area contributed by atoms with E-state index in [0.29, 0.717) is 10.1 Å². The quantitative estimate of drug-likeness (QED) is 0.751. The molecule has 0 heterocycles. The Morgan fingerprint density at radius 3 is 2.50 bits per heavy atom. The molecule has 20 heavy (non-hydrogen) atoms. The second kappa shape index (κ2) is 6.70. The number of nitrogens with one attached hydrogen (secondary N) is 2. The van der Waals surface area contributed by atoms with E-state index in [-0.39, 0.29) is 6.61 Å². The van der Waals surface area contributed by atoms with E-state index in [0.717, 1.165) is 22.5 Å². The van der Waals surface area contributed by atoms with Crippen molar-refractivity contribution in [2.75, 3.05) is 10.6 Å². The molecule has 0 aromatic heterocycles. The molecule has 0 saturated carbocycles. The molecule has 2 aromatic rings. The molecule has 2 rings (SSSR count). The van der Waals surface area contributed by atoms with E-state index in [2.05, 4.69) is 10.6 Å². The average Bonchev–Trinajstić information content (AvgIpc) is 2.43. The summed E-state index contributed by atoms with van der Waals surface area (Å²) in [7, 11) is 0. The van der Waals surface area contributed by atoms with Crippen molar-refractivity contribution in [3.05, 3.63) is 58.6 Å². The van der Waals surface area contributed by atoms with Crippen LogP contribution in [0, 0.1) is 6.92 Å². The van der Waals surface area contributed by atoms with Gasteiger partial charge in [-0.3, -0.25) is 0 Å². The van der Waals surface area contributed by atoms with Gasteiger partial charge >= 0.3 is 0 Å². The van der Waals surface area contributed by atoms with Crippen molar-refractivity contribution < 1.29 is 5.11 Å². The maximum atomic E-state index is 9.36. The fourth-order valence-corrected chi connectivity index (χ4v) is 2.15. The van der Waals surface area contributed by atoms with Gasteiger partial charge in [-0.2, -0.15) is 0 Å². The highest BCUT2D eigenvalue weighted by atomic mass is 35.5. The van der Waals surface area contributed by atoms with Gasteiger partial charge in [0, 0.05) is 22.0 Å². The third kappa shape index (κ3) is 3.93. The Hall–Kier alpha value is -1.62. The van der Waals surface area contributed by atoms with Crippen LogP contribution in [-0.4, -0.2) is 10.2 Å². The van der Waals surface area contributed by atoms with Crippen molar-refractivity contribution in [1.29, 1.82) is 0 Å². The number of rotatable bonds is 3. The summed E-state index contributed by atoms with van der Waals surface area (Å²) in [4.78, 5) is 0. The van der Waals surface area contributed by atoms with E-state index in [1.165, 1.54) is 0 Å². The van der Waals surface area contributed by atoms with Gasteiger partial charge < -0.3 is 15.7 Å². The maximum Gasteiger partial charge on any atom is 0.175 e. The lowest BCUT2D eigenvalue weighted by molar-refractivity contribution is 0.282. The van der Waals surface area contributed by atoms with Gasteiger partial charge in [0.15, 0.2) is 5.11 Å². The first-order valence-electron chi connectivity index (χ1n) is 6.12. The highest BCUT2D eigenvalue weighted by Gasteiger charge is 2.04. The van der Waals surface area contributed by atoms with Crippen LogP contribution in [0.15, 0.2) is 42.5 Å². The highest BCUT2D eigenvalue weighted by molar-refractivity contribution is 7.80. The Labute approximate surface area is 128 Å². The monoisotopic (exact) mass is 306 g/mol. The molecule has 3 N–H and O–H groups in total. The molecule has 0 fully saturated rings. The van der Waals surface area contributed by atoms with E-state index in [9.17, 15) is 5.11 Å².